The number of amides is 1. The van der Waals surface area contributed by atoms with Crippen molar-refractivity contribution < 1.29 is 19.2 Å². The highest BCUT2D eigenvalue weighted by molar-refractivity contribution is 5.81. The van der Waals surface area contributed by atoms with Gasteiger partial charge in [-0.15, -0.1) is 0 Å². The van der Waals surface area contributed by atoms with Crippen LogP contribution in [0.5, 0.6) is 0 Å². The van der Waals surface area contributed by atoms with Crippen molar-refractivity contribution in [2.75, 3.05) is 0 Å². The Morgan fingerprint density at radius 1 is 1.22 bits per heavy atom. The largest absolute Gasteiger partial charge is 0.481 e. The zero-order valence-corrected chi connectivity index (χ0v) is 13.4. The number of carbonyl (C=O) groups is 2. The smallest absolute Gasteiger partial charge is 0.306 e. The summed E-state index contributed by atoms with van der Waals surface area (Å²) < 4.78 is 5.09. The second-order valence-corrected chi connectivity index (χ2v) is 6.81. The van der Waals surface area contributed by atoms with Crippen LogP contribution in [0, 0.1) is 18.8 Å². The Hall–Kier alpha value is -1.92. The minimum atomic E-state index is -0.799. The molecular weight excluding hydrogens is 298 g/mol. The average molecular weight is 321 g/mol. The third-order valence-electron chi connectivity index (χ3n) is 5.17. The van der Waals surface area contributed by atoms with E-state index >= 15 is 0 Å². The van der Waals surface area contributed by atoms with Crippen LogP contribution in [0.25, 0.3) is 0 Å². The molecule has 23 heavy (non-hydrogen) atoms. The summed E-state index contributed by atoms with van der Waals surface area (Å²) in [5.41, 5.74) is -0.551. The van der Waals surface area contributed by atoms with Crippen molar-refractivity contribution in [3.05, 3.63) is 11.7 Å². The van der Waals surface area contributed by atoms with E-state index in [1.165, 1.54) is 0 Å². The molecule has 0 aromatic carbocycles. The lowest BCUT2D eigenvalue weighted by Gasteiger charge is -2.31. The monoisotopic (exact) mass is 321 g/mol. The molecule has 126 valence electrons. The molecule has 0 aliphatic heterocycles. The fourth-order valence-corrected chi connectivity index (χ4v) is 3.87. The van der Waals surface area contributed by atoms with Crippen LogP contribution >= 0.6 is 0 Å². The lowest BCUT2D eigenvalue weighted by atomic mass is 9.80. The summed E-state index contributed by atoms with van der Waals surface area (Å²) in [6.45, 7) is 1.74. The Balaban J connectivity index is 1.73. The number of aromatic nitrogens is 2. The number of aliphatic carboxylic acids is 1. The molecule has 0 radical (unpaired) electrons. The summed E-state index contributed by atoms with van der Waals surface area (Å²) in [5.74, 6) is -0.482. The van der Waals surface area contributed by atoms with Gasteiger partial charge in [0.05, 0.1) is 5.92 Å². The second-order valence-electron chi connectivity index (χ2n) is 6.81. The van der Waals surface area contributed by atoms with Crippen LogP contribution in [-0.2, 0) is 15.1 Å². The summed E-state index contributed by atoms with van der Waals surface area (Å²) in [7, 11) is 0. The van der Waals surface area contributed by atoms with E-state index < -0.39 is 17.4 Å². The molecule has 2 fully saturated rings. The highest BCUT2D eigenvalue weighted by Crippen LogP contribution is 2.38. The van der Waals surface area contributed by atoms with Gasteiger partial charge in [-0.05, 0) is 32.1 Å². The second kappa shape index (κ2) is 6.29. The molecule has 1 aromatic rings. The molecule has 3 rings (SSSR count). The highest BCUT2D eigenvalue weighted by atomic mass is 16.5. The van der Waals surface area contributed by atoms with Crippen molar-refractivity contribution in [3.8, 4) is 0 Å². The van der Waals surface area contributed by atoms with Crippen molar-refractivity contribution in [1.29, 1.82) is 0 Å². The van der Waals surface area contributed by atoms with E-state index in [9.17, 15) is 14.7 Å². The molecule has 7 heteroatoms. The predicted octanol–water partition coefficient (Wildman–Crippen LogP) is 2.15. The van der Waals surface area contributed by atoms with Gasteiger partial charge in [0.25, 0.3) is 0 Å². The molecule has 2 atom stereocenters. The average Bonchev–Trinajstić information content (AvgIpc) is 3.17. The van der Waals surface area contributed by atoms with E-state index in [1.54, 1.807) is 6.92 Å². The van der Waals surface area contributed by atoms with Gasteiger partial charge in [0, 0.05) is 12.8 Å². The first-order chi connectivity index (χ1) is 11.0. The van der Waals surface area contributed by atoms with E-state index in [2.05, 4.69) is 15.5 Å². The number of nitrogens with zero attached hydrogens (tertiary/aromatic N) is 2. The molecular formula is C16H23N3O4. The fraction of sp³-hybridized carbons (Fsp3) is 0.750. The van der Waals surface area contributed by atoms with E-state index in [0.29, 0.717) is 24.6 Å². The topological polar surface area (TPSA) is 105 Å². The van der Waals surface area contributed by atoms with Crippen LogP contribution in [0.1, 0.15) is 63.1 Å². The standard InChI is InChI=1S/C16H23N3O4/c1-10-17-15(19-23-10)16(7-2-3-8-16)18-13(20)11-5-4-6-12(9-11)14(21)22/h11-12H,2-9H2,1H3,(H,18,20)(H,21,22). The predicted molar refractivity (Wildman–Crippen MR) is 80.4 cm³/mol. The number of hydrogen-bond donors (Lipinski definition) is 2. The van der Waals surface area contributed by atoms with Gasteiger partial charge in [0.15, 0.2) is 5.82 Å². The molecule has 2 unspecified atom stereocenters. The van der Waals surface area contributed by atoms with Crippen LogP contribution < -0.4 is 5.32 Å². The Kier molecular flexibility index (Phi) is 4.37. The molecule has 2 aliphatic carbocycles. The summed E-state index contributed by atoms with van der Waals surface area (Å²) in [4.78, 5) is 28.2. The number of nitrogens with one attached hydrogen (secondary N) is 1. The first kappa shape index (κ1) is 16.0. The van der Waals surface area contributed by atoms with Crippen LogP contribution in [0.3, 0.4) is 0 Å². The zero-order chi connectivity index (χ0) is 16.4. The summed E-state index contributed by atoms with van der Waals surface area (Å²) in [5, 5.41) is 16.3. The maximum atomic E-state index is 12.7. The van der Waals surface area contributed by atoms with Crippen molar-refractivity contribution in [2.45, 2.75) is 63.8 Å². The minimum absolute atomic E-state index is 0.0692. The molecule has 1 amide bonds. The van der Waals surface area contributed by atoms with Gasteiger partial charge >= 0.3 is 5.97 Å². The first-order valence-electron chi connectivity index (χ1n) is 8.36. The van der Waals surface area contributed by atoms with Gasteiger partial charge in [0.2, 0.25) is 11.8 Å². The minimum Gasteiger partial charge on any atom is -0.481 e. The number of carbonyl (C=O) groups excluding carboxylic acids is 1. The highest BCUT2D eigenvalue weighted by Gasteiger charge is 2.43. The van der Waals surface area contributed by atoms with Gasteiger partial charge in [-0.1, -0.05) is 24.4 Å². The number of hydrogen-bond acceptors (Lipinski definition) is 5. The number of carboxylic acids is 1. The van der Waals surface area contributed by atoms with Crippen LogP contribution in [0.2, 0.25) is 0 Å². The van der Waals surface area contributed by atoms with E-state index in [-0.39, 0.29) is 11.8 Å². The van der Waals surface area contributed by atoms with Crippen LogP contribution in [-0.4, -0.2) is 27.1 Å². The van der Waals surface area contributed by atoms with E-state index in [4.69, 9.17) is 4.52 Å². The quantitative estimate of drug-likeness (QED) is 0.880. The molecule has 1 aromatic heterocycles. The molecule has 1 heterocycles. The summed E-state index contributed by atoms with van der Waals surface area (Å²) >= 11 is 0. The number of carboxylic acid groups (broad SMARTS) is 1. The van der Waals surface area contributed by atoms with E-state index in [0.717, 1.165) is 38.5 Å². The van der Waals surface area contributed by atoms with Crippen molar-refractivity contribution in [1.82, 2.24) is 15.5 Å². The summed E-state index contributed by atoms with van der Waals surface area (Å²) in [6.07, 6.45) is 6.23. The number of rotatable bonds is 4. The van der Waals surface area contributed by atoms with Gasteiger partial charge < -0.3 is 14.9 Å². The SMILES string of the molecule is Cc1nc(C2(NC(=O)C3CCCC(C(=O)O)C3)CCCC2)no1. The van der Waals surface area contributed by atoms with Crippen molar-refractivity contribution in [2.24, 2.45) is 11.8 Å². The molecule has 0 spiro atoms. The maximum absolute atomic E-state index is 12.7. The zero-order valence-electron chi connectivity index (χ0n) is 13.4. The molecule has 2 saturated carbocycles. The van der Waals surface area contributed by atoms with E-state index in [1.807, 2.05) is 0 Å². The van der Waals surface area contributed by atoms with Crippen LogP contribution in [0.15, 0.2) is 4.52 Å². The Morgan fingerprint density at radius 3 is 2.52 bits per heavy atom. The third-order valence-corrected chi connectivity index (χ3v) is 5.17. The van der Waals surface area contributed by atoms with Gasteiger partial charge in [-0.3, -0.25) is 9.59 Å². The normalized spacial score (nSPS) is 26.8. The van der Waals surface area contributed by atoms with Crippen LogP contribution in [0.4, 0.5) is 0 Å². The Labute approximate surface area is 134 Å². The molecule has 2 N–H and O–H groups in total. The lowest BCUT2D eigenvalue weighted by Crippen LogP contribution is -2.48. The van der Waals surface area contributed by atoms with Gasteiger partial charge in [-0.2, -0.15) is 4.98 Å². The molecule has 0 bridgehead atoms. The molecule has 2 aliphatic rings. The molecule has 0 saturated heterocycles. The third kappa shape index (κ3) is 3.23. The summed E-state index contributed by atoms with van der Waals surface area (Å²) in [6, 6.07) is 0. The fourth-order valence-electron chi connectivity index (χ4n) is 3.87. The Morgan fingerprint density at radius 2 is 1.91 bits per heavy atom. The maximum Gasteiger partial charge on any atom is 0.306 e. The first-order valence-corrected chi connectivity index (χ1v) is 8.36. The Bertz CT molecular complexity index is 592. The lowest BCUT2D eigenvalue weighted by molar-refractivity contribution is -0.144. The number of aryl methyl sites for hydroxylation is 1. The van der Waals surface area contributed by atoms with Crippen molar-refractivity contribution >= 4 is 11.9 Å². The van der Waals surface area contributed by atoms with Gasteiger partial charge in [-0.25, -0.2) is 0 Å². The molecule has 7 nitrogen and oxygen atoms in total. The van der Waals surface area contributed by atoms with Crippen molar-refractivity contribution in [3.63, 3.8) is 0 Å². The van der Waals surface area contributed by atoms with Gasteiger partial charge in [0.1, 0.15) is 5.54 Å².